The van der Waals surface area contributed by atoms with Crippen LogP contribution in [0.5, 0.6) is 11.5 Å². The first kappa shape index (κ1) is 24.5. The van der Waals surface area contributed by atoms with Gasteiger partial charge in [-0.2, -0.15) is 0 Å². The van der Waals surface area contributed by atoms with Gasteiger partial charge in [-0.3, -0.25) is 0 Å². The van der Waals surface area contributed by atoms with Crippen LogP contribution in [0, 0.1) is 0 Å². The van der Waals surface area contributed by atoms with Crippen LogP contribution in [0.15, 0.2) is 24.3 Å². The number of ether oxygens (including phenoxy) is 2. The Bertz CT molecular complexity index is 859. The summed E-state index contributed by atoms with van der Waals surface area (Å²) in [6.07, 6.45) is -5.37. The zero-order valence-corrected chi connectivity index (χ0v) is 20.2. The Balaban J connectivity index is 2.42. The van der Waals surface area contributed by atoms with Gasteiger partial charge in [0.1, 0.15) is 35.9 Å². The second-order valence-electron chi connectivity index (χ2n) is 10.7. The molecule has 1 aliphatic rings. The van der Waals surface area contributed by atoms with Crippen molar-refractivity contribution in [3.8, 4) is 11.5 Å². The number of hydrogen-bond donors (Lipinski definition) is 4. The predicted octanol–water partition coefficient (Wildman–Crippen LogP) is 4.15. The van der Waals surface area contributed by atoms with E-state index in [1.165, 1.54) is 14.2 Å². The van der Waals surface area contributed by atoms with Crippen LogP contribution in [0.3, 0.4) is 0 Å². The molecule has 0 aromatic heterocycles. The monoisotopic (exact) mass is 444 g/mol. The average molecular weight is 445 g/mol. The van der Waals surface area contributed by atoms with Crippen molar-refractivity contribution in [2.75, 3.05) is 14.2 Å². The summed E-state index contributed by atoms with van der Waals surface area (Å²) in [5.74, 6) is 0.493. The minimum atomic E-state index is -1.34. The molecule has 0 spiro atoms. The second-order valence-corrected chi connectivity index (χ2v) is 10.7. The fourth-order valence-electron chi connectivity index (χ4n) is 4.25. The zero-order chi connectivity index (χ0) is 24.2. The van der Waals surface area contributed by atoms with Gasteiger partial charge in [-0.05, 0) is 46.2 Å². The van der Waals surface area contributed by atoms with Crippen molar-refractivity contribution < 1.29 is 29.9 Å². The molecule has 1 aliphatic carbocycles. The van der Waals surface area contributed by atoms with Crippen LogP contribution in [0.2, 0.25) is 0 Å². The summed E-state index contributed by atoms with van der Waals surface area (Å²) in [5, 5.41) is 45.3. The van der Waals surface area contributed by atoms with Crippen molar-refractivity contribution in [3.05, 3.63) is 57.6 Å². The highest BCUT2D eigenvalue weighted by Gasteiger charge is 2.37. The van der Waals surface area contributed by atoms with Gasteiger partial charge in [-0.15, -0.1) is 0 Å². The van der Waals surface area contributed by atoms with Gasteiger partial charge in [0.25, 0.3) is 0 Å². The Hall–Kier alpha value is -2.12. The van der Waals surface area contributed by atoms with E-state index in [4.69, 9.17) is 9.47 Å². The van der Waals surface area contributed by atoms with Gasteiger partial charge in [0.15, 0.2) is 0 Å². The molecule has 2 aromatic rings. The number of rotatable bonds is 2. The van der Waals surface area contributed by atoms with Crippen LogP contribution in [0.25, 0.3) is 0 Å². The van der Waals surface area contributed by atoms with Gasteiger partial charge in [0.2, 0.25) is 0 Å². The van der Waals surface area contributed by atoms with E-state index >= 15 is 0 Å². The largest absolute Gasteiger partial charge is 0.496 e. The number of aliphatic hydroxyl groups is 4. The Kier molecular flexibility index (Phi) is 6.39. The number of aliphatic hydroxyl groups excluding tert-OH is 4. The Morgan fingerprint density at radius 2 is 0.750 bits per heavy atom. The molecule has 0 fully saturated rings. The molecule has 6 nitrogen and oxygen atoms in total. The van der Waals surface area contributed by atoms with Gasteiger partial charge in [-0.25, -0.2) is 0 Å². The SMILES string of the molecule is COc1c2cc(C(C)(C)C)cc1C(O)C(O)c1cc(C(C)(C)C)cc(c1OC)C(O)C2O. The molecule has 0 saturated carbocycles. The molecule has 2 aromatic carbocycles. The summed E-state index contributed by atoms with van der Waals surface area (Å²) in [6.45, 7) is 12.1. The molecular weight excluding hydrogens is 408 g/mol. The highest BCUT2D eigenvalue weighted by Crippen LogP contribution is 2.49. The first-order valence-electron chi connectivity index (χ1n) is 10.9. The lowest BCUT2D eigenvalue weighted by atomic mass is 9.78. The lowest BCUT2D eigenvalue weighted by molar-refractivity contribution is 0.00332. The van der Waals surface area contributed by atoms with E-state index in [0.717, 1.165) is 11.1 Å². The minimum absolute atomic E-state index is 0.247. The normalized spacial score (nSPS) is 23.6. The predicted molar refractivity (Wildman–Crippen MR) is 123 cm³/mol. The van der Waals surface area contributed by atoms with E-state index in [-0.39, 0.29) is 22.3 Å². The third-order valence-electron chi connectivity index (χ3n) is 6.31. The quantitative estimate of drug-likeness (QED) is 0.556. The molecule has 0 heterocycles. The maximum Gasteiger partial charge on any atom is 0.130 e. The molecular formula is C26H36O6. The van der Waals surface area contributed by atoms with Crippen LogP contribution in [-0.2, 0) is 10.8 Å². The highest BCUT2D eigenvalue weighted by atomic mass is 16.5. The fourth-order valence-corrected chi connectivity index (χ4v) is 4.25. The molecule has 0 amide bonds. The Morgan fingerprint density at radius 3 is 0.906 bits per heavy atom. The number of hydrogen-bond acceptors (Lipinski definition) is 6. The molecule has 6 heteroatoms. The number of fused-ring (bicyclic) bond motifs is 4. The van der Waals surface area contributed by atoms with Gasteiger partial charge in [0.05, 0.1) is 14.2 Å². The first-order chi connectivity index (χ1) is 14.7. The lowest BCUT2D eigenvalue weighted by Crippen LogP contribution is -2.23. The first-order valence-corrected chi connectivity index (χ1v) is 10.9. The maximum absolute atomic E-state index is 11.3. The van der Waals surface area contributed by atoms with Crippen LogP contribution in [0.4, 0.5) is 0 Å². The topological polar surface area (TPSA) is 99.4 Å². The fraction of sp³-hybridized carbons (Fsp3) is 0.538. The highest BCUT2D eigenvalue weighted by molar-refractivity contribution is 5.55. The van der Waals surface area contributed by atoms with E-state index in [1.807, 2.05) is 41.5 Å². The Morgan fingerprint density at radius 1 is 0.531 bits per heavy atom. The summed E-state index contributed by atoms with van der Waals surface area (Å²) in [7, 11) is 2.89. The van der Waals surface area contributed by atoms with Crippen molar-refractivity contribution >= 4 is 0 Å². The Labute approximate surface area is 190 Å². The van der Waals surface area contributed by atoms with Crippen molar-refractivity contribution in [2.24, 2.45) is 0 Å². The minimum Gasteiger partial charge on any atom is -0.496 e. The summed E-state index contributed by atoms with van der Waals surface area (Å²) < 4.78 is 11.2. The van der Waals surface area contributed by atoms with Crippen molar-refractivity contribution in [1.29, 1.82) is 0 Å². The van der Waals surface area contributed by atoms with E-state index in [9.17, 15) is 20.4 Å². The molecule has 0 saturated heterocycles. The molecule has 0 aliphatic heterocycles. The van der Waals surface area contributed by atoms with Crippen molar-refractivity contribution in [3.63, 3.8) is 0 Å². The molecule has 0 radical (unpaired) electrons. The summed E-state index contributed by atoms with van der Waals surface area (Å²) in [4.78, 5) is 0. The van der Waals surface area contributed by atoms with E-state index in [1.54, 1.807) is 24.3 Å². The molecule has 4 atom stereocenters. The molecule has 32 heavy (non-hydrogen) atoms. The van der Waals surface area contributed by atoms with Crippen LogP contribution in [-0.4, -0.2) is 34.6 Å². The summed E-state index contributed by atoms with van der Waals surface area (Å²) >= 11 is 0. The second kappa shape index (κ2) is 8.34. The van der Waals surface area contributed by atoms with Crippen LogP contribution < -0.4 is 9.47 Å². The molecule has 3 rings (SSSR count). The van der Waals surface area contributed by atoms with Gasteiger partial charge in [-0.1, -0.05) is 41.5 Å². The third-order valence-corrected chi connectivity index (χ3v) is 6.31. The van der Waals surface area contributed by atoms with Crippen molar-refractivity contribution in [2.45, 2.75) is 76.8 Å². The molecule has 4 N–H and O–H groups in total. The van der Waals surface area contributed by atoms with E-state index in [2.05, 4.69) is 0 Å². The van der Waals surface area contributed by atoms with E-state index in [0.29, 0.717) is 22.3 Å². The standard InChI is InChI=1S/C26H36O6/c1-25(2,3)13-9-15-19(27)21(29)17-11-14(26(4,5)6)12-18(24(17)32-8)22(30)20(28)16(10-13)23(15)31-7/h9-12,19-22,27-30H,1-8H3. The summed E-state index contributed by atoms with van der Waals surface area (Å²) in [6, 6.07) is 7.16. The average Bonchev–Trinajstić information content (AvgIpc) is 2.73. The maximum atomic E-state index is 11.3. The lowest BCUT2D eigenvalue weighted by Gasteiger charge is -2.33. The number of benzene rings is 2. The molecule has 176 valence electrons. The van der Waals surface area contributed by atoms with Crippen LogP contribution >= 0.6 is 0 Å². The zero-order valence-electron chi connectivity index (χ0n) is 20.2. The van der Waals surface area contributed by atoms with E-state index < -0.39 is 24.4 Å². The summed E-state index contributed by atoms with van der Waals surface area (Å²) in [5.41, 5.74) is 2.46. The third kappa shape index (κ3) is 4.13. The van der Waals surface area contributed by atoms with Crippen LogP contribution in [0.1, 0.15) is 99.3 Å². The smallest absolute Gasteiger partial charge is 0.130 e. The molecule has 4 bridgehead atoms. The van der Waals surface area contributed by atoms with Gasteiger partial charge in [0, 0.05) is 22.3 Å². The van der Waals surface area contributed by atoms with Gasteiger partial charge < -0.3 is 29.9 Å². The van der Waals surface area contributed by atoms with Gasteiger partial charge >= 0.3 is 0 Å². The molecule has 4 unspecified atom stereocenters. The van der Waals surface area contributed by atoms with Crippen molar-refractivity contribution in [1.82, 2.24) is 0 Å². The number of methoxy groups -OCH3 is 2.